The fourth-order valence-electron chi connectivity index (χ4n) is 3.18. The van der Waals surface area contributed by atoms with Crippen molar-refractivity contribution < 1.29 is 14.3 Å². The second-order valence-electron chi connectivity index (χ2n) is 6.26. The first kappa shape index (κ1) is 17.0. The van der Waals surface area contributed by atoms with Gasteiger partial charge in [0.2, 0.25) is 6.79 Å². The Morgan fingerprint density at radius 2 is 1.96 bits per heavy atom. The Balaban J connectivity index is 1.55. The van der Waals surface area contributed by atoms with Crippen LogP contribution in [0.5, 0.6) is 11.5 Å². The number of nitrogens with zero attached hydrogens (tertiary/aromatic N) is 1. The van der Waals surface area contributed by atoms with E-state index < -0.39 is 0 Å². The second kappa shape index (κ2) is 6.82. The lowest BCUT2D eigenvalue weighted by Crippen LogP contribution is -1.93. The molecule has 1 N–H and O–H groups in total. The fraction of sp³-hybridized carbons (Fsp3) is 0.0476. The molecular weight excluding hydrogens is 396 g/mol. The normalized spacial score (nSPS) is 12.3. The van der Waals surface area contributed by atoms with E-state index in [0.29, 0.717) is 16.3 Å². The van der Waals surface area contributed by atoms with Crippen molar-refractivity contribution in [2.45, 2.75) is 0 Å². The van der Waals surface area contributed by atoms with E-state index in [4.69, 9.17) is 21.1 Å². The molecule has 5 rings (SSSR count). The Labute approximate surface area is 169 Å². The molecule has 1 aliphatic rings. The zero-order chi connectivity index (χ0) is 19.1. The molecule has 138 valence electrons. The van der Waals surface area contributed by atoms with E-state index in [-0.39, 0.29) is 6.79 Å². The molecule has 0 fully saturated rings. The average Bonchev–Trinajstić information content (AvgIpc) is 3.35. The number of carbonyl (C=O) groups excluding carboxylic acids is 1. The predicted molar refractivity (Wildman–Crippen MR) is 111 cm³/mol. The summed E-state index contributed by atoms with van der Waals surface area (Å²) in [7, 11) is 0. The van der Waals surface area contributed by atoms with Crippen molar-refractivity contribution in [3.63, 3.8) is 0 Å². The van der Waals surface area contributed by atoms with Crippen molar-refractivity contribution in [2.24, 2.45) is 0 Å². The summed E-state index contributed by atoms with van der Waals surface area (Å²) in [6.07, 6.45) is 0.769. The third-order valence-corrected chi connectivity index (χ3v) is 5.77. The number of hydrogen-bond donors (Lipinski definition) is 1. The summed E-state index contributed by atoms with van der Waals surface area (Å²) >= 11 is 7.70. The van der Waals surface area contributed by atoms with Crippen LogP contribution in [-0.4, -0.2) is 17.5 Å². The summed E-state index contributed by atoms with van der Waals surface area (Å²) in [6, 6.07) is 17.1. The summed E-state index contributed by atoms with van der Waals surface area (Å²) in [4.78, 5) is 10.9. The van der Waals surface area contributed by atoms with Gasteiger partial charge in [-0.3, -0.25) is 4.79 Å². The summed E-state index contributed by atoms with van der Waals surface area (Å²) < 4.78 is 16.5. The molecule has 0 aliphatic carbocycles. The van der Waals surface area contributed by atoms with Crippen LogP contribution < -0.4 is 14.8 Å². The van der Waals surface area contributed by atoms with E-state index in [1.807, 2.05) is 30.3 Å². The minimum absolute atomic E-state index is 0.251. The molecular formula is C21H13ClN2O3S. The van der Waals surface area contributed by atoms with Crippen LogP contribution in [0.25, 0.3) is 21.2 Å². The molecule has 4 aromatic rings. The van der Waals surface area contributed by atoms with E-state index >= 15 is 0 Å². The molecule has 0 bridgehead atoms. The molecule has 2 heterocycles. The van der Waals surface area contributed by atoms with Crippen molar-refractivity contribution in [2.75, 3.05) is 12.1 Å². The molecule has 0 unspecified atom stereocenters. The first-order valence-electron chi connectivity index (χ1n) is 8.53. The number of nitrogens with one attached hydrogen (secondary N) is 1. The Hall–Kier alpha value is -3.09. The summed E-state index contributed by atoms with van der Waals surface area (Å²) in [6.45, 7) is 0.251. The van der Waals surface area contributed by atoms with Gasteiger partial charge in [-0.15, -0.1) is 0 Å². The maximum absolute atomic E-state index is 10.9. The van der Waals surface area contributed by atoms with Crippen LogP contribution in [0.2, 0.25) is 5.02 Å². The lowest BCUT2D eigenvalue weighted by Gasteiger charge is -2.08. The third kappa shape index (κ3) is 2.87. The van der Waals surface area contributed by atoms with Gasteiger partial charge >= 0.3 is 0 Å². The van der Waals surface area contributed by atoms with Crippen LogP contribution in [-0.2, 0) is 0 Å². The van der Waals surface area contributed by atoms with Crippen LogP contribution >= 0.6 is 23.1 Å². The van der Waals surface area contributed by atoms with Gasteiger partial charge in [0.05, 0.1) is 15.4 Å². The number of aromatic nitrogens is 1. The lowest BCUT2D eigenvalue weighted by molar-refractivity contribution is 0.112. The minimum atomic E-state index is 0.251. The molecule has 0 amide bonds. The van der Waals surface area contributed by atoms with Gasteiger partial charge in [-0.1, -0.05) is 29.8 Å². The van der Waals surface area contributed by atoms with Gasteiger partial charge in [0, 0.05) is 16.5 Å². The SMILES string of the molecule is O=Cc1ccc(Nc2nsc3c(-c4ccc5c(c4)OCO5)cccc23)c(Cl)c1. The average molecular weight is 409 g/mol. The fourth-order valence-corrected chi connectivity index (χ4v) is 4.29. The van der Waals surface area contributed by atoms with Crippen LogP contribution in [0, 0.1) is 0 Å². The Kier molecular flexibility index (Phi) is 4.15. The van der Waals surface area contributed by atoms with Crippen LogP contribution in [0.1, 0.15) is 10.4 Å². The summed E-state index contributed by atoms with van der Waals surface area (Å²) in [5, 5.41) is 4.74. The standard InChI is InChI=1S/C21H13ClN2O3S/c22-16-8-12(10-25)4-6-17(16)23-21-15-3-1-2-14(20(15)28-24-21)13-5-7-18-19(9-13)27-11-26-18/h1-10H,11H2,(H,23,24). The number of halogens is 1. The topological polar surface area (TPSA) is 60.5 Å². The molecule has 0 atom stereocenters. The number of anilines is 2. The summed E-state index contributed by atoms with van der Waals surface area (Å²) in [5.41, 5.74) is 3.35. The summed E-state index contributed by atoms with van der Waals surface area (Å²) in [5.74, 6) is 2.23. The van der Waals surface area contributed by atoms with E-state index in [9.17, 15) is 4.79 Å². The molecule has 0 radical (unpaired) electrons. The number of aldehydes is 1. The van der Waals surface area contributed by atoms with Gasteiger partial charge in [0.15, 0.2) is 17.3 Å². The number of benzene rings is 3. The predicted octanol–water partition coefficient (Wildman–Crippen LogP) is 5.90. The molecule has 7 heteroatoms. The zero-order valence-corrected chi connectivity index (χ0v) is 16.0. The maximum Gasteiger partial charge on any atom is 0.231 e. The van der Waals surface area contributed by atoms with Gasteiger partial charge in [-0.25, -0.2) is 0 Å². The molecule has 1 aromatic heterocycles. The zero-order valence-electron chi connectivity index (χ0n) is 14.4. The highest BCUT2D eigenvalue weighted by atomic mass is 35.5. The number of rotatable bonds is 4. The first-order valence-corrected chi connectivity index (χ1v) is 9.68. The number of fused-ring (bicyclic) bond motifs is 2. The Morgan fingerprint density at radius 1 is 1.07 bits per heavy atom. The van der Waals surface area contributed by atoms with Gasteiger partial charge in [0.25, 0.3) is 0 Å². The van der Waals surface area contributed by atoms with E-state index in [0.717, 1.165) is 44.8 Å². The van der Waals surface area contributed by atoms with Gasteiger partial charge in [-0.05, 0) is 53.5 Å². The lowest BCUT2D eigenvalue weighted by atomic mass is 10.0. The highest BCUT2D eigenvalue weighted by Crippen LogP contribution is 2.41. The number of hydrogen-bond acceptors (Lipinski definition) is 6. The number of carbonyl (C=O) groups is 1. The number of ether oxygens (including phenoxy) is 2. The molecule has 5 nitrogen and oxygen atoms in total. The van der Waals surface area contributed by atoms with Crippen LogP contribution in [0.3, 0.4) is 0 Å². The van der Waals surface area contributed by atoms with Gasteiger partial charge < -0.3 is 14.8 Å². The van der Waals surface area contributed by atoms with E-state index in [2.05, 4.69) is 15.8 Å². The Morgan fingerprint density at radius 3 is 2.82 bits per heavy atom. The highest BCUT2D eigenvalue weighted by molar-refractivity contribution is 7.14. The van der Waals surface area contributed by atoms with E-state index in [1.54, 1.807) is 18.2 Å². The van der Waals surface area contributed by atoms with Crippen molar-refractivity contribution in [1.82, 2.24) is 4.37 Å². The van der Waals surface area contributed by atoms with Crippen molar-refractivity contribution in [3.05, 3.63) is 65.2 Å². The largest absolute Gasteiger partial charge is 0.454 e. The molecule has 0 saturated carbocycles. The van der Waals surface area contributed by atoms with Gasteiger partial charge in [0.1, 0.15) is 6.29 Å². The molecule has 0 spiro atoms. The van der Waals surface area contributed by atoms with Crippen LogP contribution in [0.15, 0.2) is 54.6 Å². The van der Waals surface area contributed by atoms with Crippen molar-refractivity contribution in [3.8, 4) is 22.6 Å². The minimum Gasteiger partial charge on any atom is -0.454 e. The van der Waals surface area contributed by atoms with Crippen LogP contribution in [0.4, 0.5) is 11.5 Å². The van der Waals surface area contributed by atoms with E-state index in [1.165, 1.54) is 11.5 Å². The second-order valence-corrected chi connectivity index (χ2v) is 7.44. The quantitative estimate of drug-likeness (QED) is 0.426. The monoisotopic (exact) mass is 408 g/mol. The third-order valence-electron chi connectivity index (χ3n) is 4.56. The van der Waals surface area contributed by atoms with Crippen molar-refractivity contribution in [1.29, 1.82) is 0 Å². The smallest absolute Gasteiger partial charge is 0.231 e. The van der Waals surface area contributed by atoms with Gasteiger partial charge in [-0.2, -0.15) is 4.37 Å². The highest BCUT2D eigenvalue weighted by Gasteiger charge is 2.17. The first-order chi connectivity index (χ1) is 13.7. The molecule has 28 heavy (non-hydrogen) atoms. The molecule has 0 saturated heterocycles. The maximum atomic E-state index is 10.9. The molecule has 3 aromatic carbocycles. The van der Waals surface area contributed by atoms with Crippen molar-refractivity contribution >= 4 is 51.0 Å². The molecule has 1 aliphatic heterocycles. The Bertz CT molecular complexity index is 1220.